The molecule has 0 aromatic heterocycles. The van der Waals surface area contributed by atoms with E-state index in [1.165, 1.54) is 36.8 Å². The maximum absolute atomic E-state index is 3.85. The van der Waals surface area contributed by atoms with E-state index in [9.17, 15) is 0 Å². The van der Waals surface area contributed by atoms with Crippen molar-refractivity contribution in [2.75, 3.05) is 7.05 Å². The summed E-state index contributed by atoms with van der Waals surface area (Å²) in [6, 6.07) is 9.41. The number of rotatable bonds is 3. The maximum atomic E-state index is 3.85. The molecule has 0 spiro atoms. The van der Waals surface area contributed by atoms with Gasteiger partial charge >= 0.3 is 0 Å². The lowest BCUT2D eigenvalue weighted by Gasteiger charge is -2.35. The first-order valence-electron chi connectivity index (χ1n) is 6.57. The number of hydrogen-bond donors (Lipinski definition) is 0. The Bertz CT molecular complexity index is 364. The van der Waals surface area contributed by atoms with Gasteiger partial charge in [-0.05, 0) is 37.9 Å². The molecule has 2 heteroatoms. The summed E-state index contributed by atoms with van der Waals surface area (Å²) >= 11 is 3.85. The van der Waals surface area contributed by atoms with E-state index in [0.29, 0.717) is 10.9 Å². The highest BCUT2D eigenvalue weighted by Crippen LogP contribution is 2.28. The zero-order valence-electron chi connectivity index (χ0n) is 10.8. The highest BCUT2D eigenvalue weighted by Gasteiger charge is 2.26. The van der Waals surface area contributed by atoms with Crippen molar-refractivity contribution in [3.05, 3.63) is 35.4 Å². The van der Waals surface area contributed by atoms with Crippen LogP contribution in [0.1, 0.15) is 36.8 Å². The Morgan fingerprint density at radius 2 is 1.94 bits per heavy atom. The smallest absolute Gasteiger partial charge is 0.0301 e. The molecule has 1 saturated carbocycles. The molecule has 0 radical (unpaired) electrons. The van der Waals surface area contributed by atoms with Gasteiger partial charge < -0.3 is 0 Å². The van der Waals surface area contributed by atoms with Crippen molar-refractivity contribution >= 4 is 15.9 Å². The van der Waals surface area contributed by atoms with Crippen LogP contribution in [-0.2, 0) is 6.54 Å². The summed E-state index contributed by atoms with van der Waals surface area (Å²) in [5.41, 5.74) is 2.86. The quantitative estimate of drug-likeness (QED) is 0.758. The van der Waals surface area contributed by atoms with Crippen molar-refractivity contribution in [3.8, 4) is 0 Å². The molecule has 2 unspecified atom stereocenters. The maximum Gasteiger partial charge on any atom is 0.0301 e. The van der Waals surface area contributed by atoms with E-state index < -0.39 is 0 Å². The summed E-state index contributed by atoms with van der Waals surface area (Å²) in [5.74, 6) is 0. The molecular weight excluding hydrogens is 274 g/mol. The highest BCUT2D eigenvalue weighted by atomic mass is 79.9. The van der Waals surface area contributed by atoms with Crippen LogP contribution in [0.25, 0.3) is 0 Å². The molecule has 0 aliphatic heterocycles. The summed E-state index contributed by atoms with van der Waals surface area (Å²) in [4.78, 5) is 3.19. The molecule has 0 amide bonds. The minimum Gasteiger partial charge on any atom is -0.298 e. The number of halogens is 1. The molecule has 0 heterocycles. The molecule has 1 nitrogen and oxygen atoms in total. The average molecular weight is 296 g/mol. The molecule has 0 bridgehead atoms. The lowest BCUT2D eigenvalue weighted by molar-refractivity contribution is 0.192. The van der Waals surface area contributed by atoms with Gasteiger partial charge in [-0.25, -0.2) is 0 Å². The minimum atomic E-state index is 0.672. The summed E-state index contributed by atoms with van der Waals surface area (Å²) in [6.45, 7) is 3.27. The van der Waals surface area contributed by atoms with Crippen molar-refractivity contribution in [3.63, 3.8) is 0 Å². The van der Waals surface area contributed by atoms with Crippen LogP contribution in [0.2, 0.25) is 0 Å². The van der Waals surface area contributed by atoms with E-state index in [1.54, 1.807) is 0 Å². The number of hydrogen-bond acceptors (Lipinski definition) is 1. The Kier molecular flexibility index (Phi) is 4.63. The molecular formula is C15H22BrN. The van der Waals surface area contributed by atoms with E-state index in [1.807, 2.05) is 0 Å². The average Bonchev–Trinajstić information content (AvgIpc) is 2.32. The van der Waals surface area contributed by atoms with Crippen LogP contribution >= 0.6 is 15.9 Å². The van der Waals surface area contributed by atoms with Gasteiger partial charge in [0.15, 0.2) is 0 Å². The summed E-state index contributed by atoms with van der Waals surface area (Å²) < 4.78 is 0. The SMILES string of the molecule is Cc1ccccc1CN(C)C1CCCCC1Br. The molecule has 1 aromatic carbocycles. The second kappa shape index (κ2) is 6.01. The summed E-state index contributed by atoms with van der Waals surface area (Å²) in [5, 5.41) is 0. The normalized spacial score (nSPS) is 25.2. The highest BCUT2D eigenvalue weighted by molar-refractivity contribution is 9.09. The Balaban J connectivity index is 2.01. The molecule has 2 rings (SSSR count). The monoisotopic (exact) mass is 295 g/mol. The van der Waals surface area contributed by atoms with E-state index in [-0.39, 0.29) is 0 Å². The van der Waals surface area contributed by atoms with E-state index in [0.717, 1.165) is 6.54 Å². The van der Waals surface area contributed by atoms with Crippen LogP contribution < -0.4 is 0 Å². The molecule has 94 valence electrons. The first-order valence-corrected chi connectivity index (χ1v) is 7.49. The van der Waals surface area contributed by atoms with Crippen molar-refractivity contribution < 1.29 is 0 Å². The van der Waals surface area contributed by atoms with Crippen molar-refractivity contribution in [2.45, 2.75) is 50.0 Å². The molecule has 0 N–H and O–H groups in total. The molecule has 2 atom stereocenters. The van der Waals surface area contributed by atoms with Crippen molar-refractivity contribution in [2.24, 2.45) is 0 Å². The fourth-order valence-corrected chi connectivity index (χ4v) is 3.73. The van der Waals surface area contributed by atoms with Crippen LogP contribution in [-0.4, -0.2) is 22.8 Å². The second-order valence-corrected chi connectivity index (χ2v) is 6.39. The van der Waals surface area contributed by atoms with Crippen LogP contribution in [0.3, 0.4) is 0 Å². The van der Waals surface area contributed by atoms with Crippen LogP contribution in [0.15, 0.2) is 24.3 Å². The predicted molar refractivity (Wildman–Crippen MR) is 77.6 cm³/mol. The number of nitrogens with zero attached hydrogens (tertiary/aromatic N) is 1. The van der Waals surface area contributed by atoms with E-state index in [2.05, 4.69) is 59.1 Å². The summed E-state index contributed by atoms with van der Waals surface area (Å²) in [7, 11) is 2.26. The summed E-state index contributed by atoms with van der Waals surface area (Å²) in [6.07, 6.45) is 5.41. The molecule has 1 aliphatic rings. The van der Waals surface area contributed by atoms with E-state index >= 15 is 0 Å². The van der Waals surface area contributed by atoms with Crippen molar-refractivity contribution in [1.29, 1.82) is 0 Å². The van der Waals surface area contributed by atoms with Gasteiger partial charge in [-0.15, -0.1) is 0 Å². The third-order valence-electron chi connectivity index (χ3n) is 3.89. The second-order valence-electron chi connectivity index (χ2n) is 5.21. The fraction of sp³-hybridized carbons (Fsp3) is 0.600. The number of aryl methyl sites for hydroxylation is 1. The topological polar surface area (TPSA) is 3.24 Å². The first-order chi connectivity index (χ1) is 8.18. The van der Waals surface area contributed by atoms with Gasteiger partial charge in [0.1, 0.15) is 0 Å². The largest absolute Gasteiger partial charge is 0.298 e. The zero-order chi connectivity index (χ0) is 12.3. The molecule has 1 aliphatic carbocycles. The lowest BCUT2D eigenvalue weighted by atomic mass is 9.94. The van der Waals surface area contributed by atoms with Crippen LogP contribution in [0.4, 0.5) is 0 Å². The van der Waals surface area contributed by atoms with E-state index in [4.69, 9.17) is 0 Å². The molecule has 0 saturated heterocycles. The standard InChI is InChI=1S/C15H22BrN/c1-12-7-3-4-8-13(12)11-17(2)15-10-6-5-9-14(15)16/h3-4,7-8,14-15H,5-6,9-11H2,1-2H3. The number of benzene rings is 1. The predicted octanol–water partition coefficient (Wildman–Crippen LogP) is 4.13. The van der Waals surface area contributed by atoms with Crippen molar-refractivity contribution in [1.82, 2.24) is 4.90 Å². The first kappa shape index (κ1) is 13.1. The van der Waals surface area contributed by atoms with Crippen LogP contribution in [0, 0.1) is 6.92 Å². The van der Waals surface area contributed by atoms with Gasteiger partial charge in [-0.3, -0.25) is 4.90 Å². The zero-order valence-corrected chi connectivity index (χ0v) is 12.4. The van der Waals surface area contributed by atoms with Gasteiger partial charge in [0.2, 0.25) is 0 Å². The molecule has 1 aromatic rings. The Morgan fingerprint density at radius 1 is 1.24 bits per heavy atom. The fourth-order valence-electron chi connectivity index (χ4n) is 2.74. The Morgan fingerprint density at radius 3 is 2.65 bits per heavy atom. The molecule has 17 heavy (non-hydrogen) atoms. The van der Waals surface area contributed by atoms with Gasteiger partial charge in [0, 0.05) is 17.4 Å². The van der Waals surface area contributed by atoms with Gasteiger partial charge in [0.25, 0.3) is 0 Å². The third kappa shape index (κ3) is 3.32. The van der Waals surface area contributed by atoms with Gasteiger partial charge in [0.05, 0.1) is 0 Å². The van der Waals surface area contributed by atoms with Crippen LogP contribution in [0.5, 0.6) is 0 Å². The Hall–Kier alpha value is -0.340. The minimum absolute atomic E-state index is 0.672. The Labute approximate surface area is 113 Å². The van der Waals surface area contributed by atoms with Gasteiger partial charge in [-0.2, -0.15) is 0 Å². The number of alkyl halides is 1. The molecule has 1 fully saturated rings. The third-order valence-corrected chi connectivity index (χ3v) is 4.96. The van der Waals surface area contributed by atoms with Gasteiger partial charge in [-0.1, -0.05) is 53.0 Å². The lowest BCUT2D eigenvalue weighted by Crippen LogP contribution is -2.40.